The Morgan fingerprint density at radius 3 is 2.56 bits per heavy atom. The molecule has 1 heterocycles. The Hall–Kier alpha value is -0.800. The van der Waals surface area contributed by atoms with E-state index in [0.717, 1.165) is 18.7 Å². The molecule has 0 aliphatic heterocycles. The molecule has 0 saturated heterocycles. The average molecular weight is 224 g/mol. The van der Waals surface area contributed by atoms with E-state index < -0.39 is 0 Å². The van der Waals surface area contributed by atoms with Gasteiger partial charge in [-0.1, -0.05) is 6.92 Å². The lowest BCUT2D eigenvalue weighted by molar-refractivity contribution is 0.135. The van der Waals surface area contributed by atoms with Gasteiger partial charge in [0.05, 0.1) is 6.26 Å². The molecule has 1 atom stereocenters. The Morgan fingerprint density at radius 1 is 1.44 bits per heavy atom. The lowest BCUT2D eigenvalue weighted by Crippen LogP contribution is -2.56. The molecular weight excluding hydrogens is 200 g/mol. The van der Waals surface area contributed by atoms with Crippen LogP contribution in [0.1, 0.15) is 26.5 Å². The zero-order valence-corrected chi connectivity index (χ0v) is 11.1. The summed E-state index contributed by atoms with van der Waals surface area (Å²) in [6, 6.07) is 4.37. The van der Waals surface area contributed by atoms with Gasteiger partial charge in [0.15, 0.2) is 0 Å². The first-order valence-corrected chi connectivity index (χ1v) is 5.91. The molecule has 0 aliphatic carbocycles. The zero-order valence-electron chi connectivity index (χ0n) is 11.1. The van der Waals surface area contributed by atoms with Gasteiger partial charge in [-0.15, -0.1) is 0 Å². The summed E-state index contributed by atoms with van der Waals surface area (Å²) in [6.45, 7) is 7.62. The Balaban J connectivity index is 2.74. The second-order valence-electron chi connectivity index (χ2n) is 4.94. The summed E-state index contributed by atoms with van der Waals surface area (Å²) < 4.78 is 5.43. The number of nitrogens with one attached hydrogen (secondary N) is 1. The number of hydrogen-bond donors (Lipinski definition) is 1. The monoisotopic (exact) mass is 224 g/mol. The van der Waals surface area contributed by atoms with Gasteiger partial charge < -0.3 is 14.6 Å². The van der Waals surface area contributed by atoms with Crippen LogP contribution in [0.15, 0.2) is 22.8 Å². The van der Waals surface area contributed by atoms with E-state index in [1.54, 1.807) is 6.26 Å². The van der Waals surface area contributed by atoms with Crippen LogP contribution in [0.25, 0.3) is 0 Å². The molecule has 16 heavy (non-hydrogen) atoms. The normalized spacial score (nSPS) is 14.4. The van der Waals surface area contributed by atoms with Gasteiger partial charge in [0.25, 0.3) is 0 Å². The third-order valence-electron chi connectivity index (χ3n) is 3.44. The topological polar surface area (TPSA) is 28.4 Å². The maximum absolute atomic E-state index is 5.43. The Bertz CT molecular complexity index is 291. The fourth-order valence-corrected chi connectivity index (χ4v) is 1.76. The standard InChI is InChI=1S/C13H24N2O/c1-6-14-12(13(2,3)15(4)5)10-11-8-7-9-16-11/h7-9,12,14H,6,10H2,1-5H3. The summed E-state index contributed by atoms with van der Waals surface area (Å²) >= 11 is 0. The van der Waals surface area contributed by atoms with Gasteiger partial charge in [-0.05, 0) is 46.6 Å². The molecule has 0 aromatic carbocycles. The van der Waals surface area contributed by atoms with Crippen LogP contribution < -0.4 is 5.32 Å². The van der Waals surface area contributed by atoms with E-state index in [1.807, 2.05) is 12.1 Å². The van der Waals surface area contributed by atoms with E-state index in [1.165, 1.54) is 0 Å². The van der Waals surface area contributed by atoms with Gasteiger partial charge >= 0.3 is 0 Å². The van der Waals surface area contributed by atoms with Crippen molar-refractivity contribution in [3.8, 4) is 0 Å². The molecular formula is C13H24N2O. The number of hydrogen-bond acceptors (Lipinski definition) is 3. The van der Waals surface area contributed by atoms with Crippen molar-refractivity contribution in [2.75, 3.05) is 20.6 Å². The minimum Gasteiger partial charge on any atom is -0.469 e. The van der Waals surface area contributed by atoms with Crippen molar-refractivity contribution in [2.45, 2.75) is 38.8 Å². The minimum atomic E-state index is 0.100. The van der Waals surface area contributed by atoms with Crippen molar-refractivity contribution >= 4 is 0 Å². The van der Waals surface area contributed by atoms with E-state index in [-0.39, 0.29) is 5.54 Å². The van der Waals surface area contributed by atoms with E-state index >= 15 is 0 Å². The molecule has 1 rings (SSSR count). The number of likely N-dealkylation sites (N-methyl/N-ethyl adjacent to an activating group) is 2. The van der Waals surface area contributed by atoms with Crippen LogP contribution in [-0.2, 0) is 6.42 Å². The smallest absolute Gasteiger partial charge is 0.105 e. The summed E-state index contributed by atoms with van der Waals surface area (Å²) in [6.07, 6.45) is 2.66. The number of nitrogens with zero attached hydrogens (tertiary/aromatic N) is 1. The molecule has 0 bridgehead atoms. The average Bonchev–Trinajstić information content (AvgIpc) is 2.69. The van der Waals surface area contributed by atoms with E-state index in [4.69, 9.17) is 4.42 Å². The molecule has 92 valence electrons. The van der Waals surface area contributed by atoms with Crippen molar-refractivity contribution in [3.05, 3.63) is 24.2 Å². The second kappa shape index (κ2) is 5.51. The van der Waals surface area contributed by atoms with E-state index in [9.17, 15) is 0 Å². The number of rotatable bonds is 6. The Labute approximate surface area is 98.8 Å². The fraction of sp³-hybridized carbons (Fsp3) is 0.692. The van der Waals surface area contributed by atoms with Crippen LogP contribution in [0.2, 0.25) is 0 Å². The summed E-state index contributed by atoms with van der Waals surface area (Å²) in [5, 5.41) is 3.54. The lowest BCUT2D eigenvalue weighted by atomic mass is 9.90. The van der Waals surface area contributed by atoms with Crippen molar-refractivity contribution in [1.82, 2.24) is 10.2 Å². The van der Waals surface area contributed by atoms with Gasteiger partial charge in [-0.2, -0.15) is 0 Å². The molecule has 3 heteroatoms. The predicted molar refractivity (Wildman–Crippen MR) is 67.6 cm³/mol. The highest BCUT2D eigenvalue weighted by Gasteiger charge is 2.31. The van der Waals surface area contributed by atoms with E-state index in [0.29, 0.717) is 6.04 Å². The molecule has 1 aromatic heterocycles. The molecule has 0 saturated carbocycles. The summed E-state index contributed by atoms with van der Waals surface area (Å²) in [4.78, 5) is 2.25. The predicted octanol–water partition coefficient (Wildman–Crippen LogP) is 2.14. The maximum Gasteiger partial charge on any atom is 0.105 e. The van der Waals surface area contributed by atoms with Gasteiger partial charge in [0, 0.05) is 18.0 Å². The quantitative estimate of drug-likeness (QED) is 0.802. The SMILES string of the molecule is CCNC(Cc1ccco1)C(C)(C)N(C)C. The molecule has 1 N–H and O–H groups in total. The van der Waals surface area contributed by atoms with Crippen LogP contribution >= 0.6 is 0 Å². The Kier molecular flexibility index (Phi) is 4.56. The van der Waals surface area contributed by atoms with Crippen LogP contribution in [0.5, 0.6) is 0 Å². The third kappa shape index (κ3) is 3.09. The molecule has 1 aromatic rings. The first kappa shape index (κ1) is 13.3. The largest absolute Gasteiger partial charge is 0.469 e. The van der Waals surface area contributed by atoms with Gasteiger partial charge in [0.1, 0.15) is 5.76 Å². The van der Waals surface area contributed by atoms with Crippen LogP contribution in [-0.4, -0.2) is 37.1 Å². The van der Waals surface area contributed by atoms with Gasteiger partial charge in [-0.25, -0.2) is 0 Å². The second-order valence-corrected chi connectivity index (χ2v) is 4.94. The third-order valence-corrected chi connectivity index (χ3v) is 3.44. The summed E-state index contributed by atoms with van der Waals surface area (Å²) in [5.74, 6) is 1.04. The van der Waals surface area contributed by atoms with Crippen molar-refractivity contribution in [1.29, 1.82) is 0 Å². The van der Waals surface area contributed by atoms with Gasteiger partial charge in [-0.3, -0.25) is 0 Å². The maximum atomic E-state index is 5.43. The highest BCUT2D eigenvalue weighted by Crippen LogP contribution is 2.19. The molecule has 3 nitrogen and oxygen atoms in total. The van der Waals surface area contributed by atoms with Crippen molar-refractivity contribution in [3.63, 3.8) is 0 Å². The van der Waals surface area contributed by atoms with E-state index in [2.05, 4.69) is 45.1 Å². The van der Waals surface area contributed by atoms with Crippen LogP contribution in [0, 0.1) is 0 Å². The minimum absolute atomic E-state index is 0.100. The molecule has 0 spiro atoms. The highest BCUT2D eigenvalue weighted by molar-refractivity contribution is 5.04. The fourth-order valence-electron chi connectivity index (χ4n) is 1.76. The molecule has 0 aliphatic rings. The van der Waals surface area contributed by atoms with Crippen molar-refractivity contribution in [2.24, 2.45) is 0 Å². The summed E-state index contributed by atoms with van der Waals surface area (Å²) in [7, 11) is 4.24. The Morgan fingerprint density at radius 2 is 2.12 bits per heavy atom. The van der Waals surface area contributed by atoms with Crippen LogP contribution in [0.4, 0.5) is 0 Å². The summed E-state index contributed by atoms with van der Waals surface area (Å²) in [5.41, 5.74) is 0.100. The molecule has 0 amide bonds. The van der Waals surface area contributed by atoms with Gasteiger partial charge in [0.2, 0.25) is 0 Å². The molecule has 0 radical (unpaired) electrons. The molecule has 0 fully saturated rings. The first-order chi connectivity index (χ1) is 7.48. The molecule has 1 unspecified atom stereocenters. The number of furan rings is 1. The highest BCUT2D eigenvalue weighted by atomic mass is 16.3. The van der Waals surface area contributed by atoms with Crippen LogP contribution in [0.3, 0.4) is 0 Å². The lowest BCUT2D eigenvalue weighted by Gasteiger charge is -2.40. The zero-order chi connectivity index (χ0) is 12.2. The van der Waals surface area contributed by atoms with Crippen molar-refractivity contribution < 1.29 is 4.42 Å². The first-order valence-electron chi connectivity index (χ1n) is 5.91.